The summed E-state index contributed by atoms with van der Waals surface area (Å²) in [6, 6.07) is 5.05. The molecule has 0 atom stereocenters. The Balaban J connectivity index is 1.43. The molecule has 0 bridgehead atoms. The molecule has 138 valence electrons. The number of hydrogen-bond donors (Lipinski definition) is 2. The van der Waals surface area contributed by atoms with Gasteiger partial charge in [-0.3, -0.25) is 19.6 Å². The quantitative estimate of drug-likeness (QED) is 0.689. The van der Waals surface area contributed by atoms with Crippen molar-refractivity contribution >= 4 is 5.91 Å². The lowest BCUT2D eigenvalue weighted by atomic mass is 10.1. The molecule has 4 heterocycles. The van der Waals surface area contributed by atoms with Gasteiger partial charge < -0.3 is 14.5 Å². The molecule has 0 aromatic carbocycles. The van der Waals surface area contributed by atoms with Crippen LogP contribution >= 0.6 is 0 Å². The van der Waals surface area contributed by atoms with Crippen LogP contribution in [0, 0.1) is 0 Å². The maximum absolute atomic E-state index is 12.5. The van der Waals surface area contributed by atoms with E-state index in [0.29, 0.717) is 19.5 Å². The van der Waals surface area contributed by atoms with E-state index in [1.807, 2.05) is 12.1 Å². The van der Waals surface area contributed by atoms with Crippen LogP contribution in [-0.4, -0.2) is 41.9 Å². The van der Waals surface area contributed by atoms with Gasteiger partial charge in [0.15, 0.2) is 0 Å². The van der Waals surface area contributed by atoms with Gasteiger partial charge in [-0.2, -0.15) is 0 Å². The Morgan fingerprint density at radius 2 is 2.11 bits per heavy atom. The summed E-state index contributed by atoms with van der Waals surface area (Å²) in [6.45, 7) is 1.27. The highest BCUT2D eigenvalue weighted by Crippen LogP contribution is 2.22. The molecule has 0 saturated heterocycles. The number of carbonyl (C=O) groups is 1. The van der Waals surface area contributed by atoms with Crippen LogP contribution < -0.4 is 11.2 Å². The second kappa shape index (κ2) is 7.02. The van der Waals surface area contributed by atoms with E-state index in [1.54, 1.807) is 17.3 Å². The molecule has 0 radical (unpaired) electrons. The number of nitrogens with one attached hydrogen (secondary N) is 2. The van der Waals surface area contributed by atoms with Gasteiger partial charge in [0.05, 0.1) is 17.9 Å². The highest BCUT2D eigenvalue weighted by Gasteiger charge is 2.24. The summed E-state index contributed by atoms with van der Waals surface area (Å²) in [4.78, 5) is 51.3. The molecule has 0 fully saturated rings. The van der Waals surface area contributed by atoms with E-state index in [2.05, 4.69) is 19.9 Å². The zero-order chi connectivity index (χ0) is 18.8. The summed E-state index contributed by atoms with van der Waals surface area (Å²) >= 11 is 0. The number of carbonyl (C=O) groups excluding carboxylic acids is 1. The molecule has 0 aliphatic carbocycles. The van der Waals surface area contributed by atoms with Crippen LogP contribution in [0.25, 0.3) is 11.4 Å². The minimum Gasteiger partial charge on any atom is -0.340 e. The Labute approximate surface area is 153 Å². The van der Waals surface area contributed by atoms with Gasteiger partial charge in [-0.25, -0.2) is 9.78 Å². The molecule has 27 heavy (non-hydrogen) atoms. The molecule has 3 aromatic rings. The number of aromatic nitrogens is 5. The predicted molar refractivity (Wildman–Crippen MR) is 96.9 cm³/mol. The van der Waals surface area contributed by atoms with Crippen molar-refractivity contribution in [3.8, 4) is 11.4 Å². The third-order valence-corrected chi connectivity index (χ3v) is 4.58. The van der Waals surface area contributed by atoms with Crippen LogP contribution in [0.2, 0.25) is 0 Å². The highest BCUT2D eigenvalue weighted by molar-refractivity contribution is 5.76. The van der Waals surface area contributed by atoms with E-state index in [-0.39, 0.29) is 18.9 Å². The van der Waals surface area contributed by atoms with Gasteiger partial charge in [-0.05, 0) is 12.1 Å². The summed E-state index contributed by atoms with van der Waals surface area (Å²) in [6.07, 6.45) is 5.72. The fraction of sp³-hybridized carbons (Fsp3) is 0.278. The number of aromatic amines is 2. The van der Waals surface area contributed by atoms with Gasteiger partial charge in [0.2, 0.25) is 5.91 Å². The van der Waals surface area contributed by atoms with E-state index < -0.39 is 11.2 Å². The van der Waals surface area contributed by atoms with E-state index in [4.69, 9.17) is 0 Å². The van der Waals surface area contributed by atoms with Crippen LogP contribution in [0.3, 0.4) is 0 Å². The fourth-order valence-corrected chi connectivity index (χ4v) is 3.14. The SMILES string of the molecule is O=C(CCn1ccc(=O)[nH]c1=O)N1CCc2nc(-c3cccnc3)[nH]c2C1. The maximum Gasteiger partial charge on any atom is 0.328 e. The second-order valence-electron chi connectivity index (χ2n) is 6.37. The van der Waals surface area contributed by atoms with Crippen LogP contribution in [0.1, 0.15) is 17.8 Å². The van der Waals surface area contributed by atoms with E-state index in [0.717, 1.165) is 22.8 Å². The first-order valence-electron chi connectivity index (χ1n) is 8.66. The minimum absolute atomic E-state index is 0.0451. The van der Waals surface area contributed by atoms with Crippen LogP contribution in [0.4, 0.5) is 0 Å². The summed E-state index contributed by atoms with van der Waals surface area (Å²) in [5.74, 6) is 0.707. The summed E-state index contributed by atoms with van der Waals surface area (Å²) < 4.78 is 1.32. The Morgan fingerprint density at radius 3 is 2.89 bits per heavy atom. The smallest absolute Gasteiger partial charge is 0.328 e. The predicted octanol–water partition coefficient (Wildman–Crippen LogP) is 0.297. The molecule has 1 amide bonds. The molecular formula is C18H18N6O3. The average molecular weight is 366 g/mol. The molecule has 9 heteroatoms. The normalized spacial score (nSPS) is 13.4. The Bertz CT molecular complexity index is 1080. The van der Waals surface area contributed by atoms with Crippen LogP contribution in [-0.2, 0) is 24.3 Å². The number of fused-ring (bicyclic) bond motifs is 1. The monoisotopic (exact) mass is 366 g/mol. The topological polar surface area (TPSA) is 117 Å². The molecule has 0 saturated carbocycles. The fourth-order valence-electron chi connectivity index (χ4n) is 3.14. The lowest BCUT2D eigenvalue weighted by Crippen LogP contribution is -2.37. The van der Waals surface area contributed by atoms with Gasteiger partial charge in [0, 0.05) is 56.2 Å². The Morgan fingerprint density at radius 1 is 1.22 bits per heavy atom. The Hall–Kier alpha value is -3.49. The number of pyridine rings is 1. The van der Waals surface area contributed by atoms with Gasteiger partial charge in [0.25, 0.3) is 5.56 Å². The van der Waals surface area contributed by atoms with Crippen LogP contribution in [0.15, 0.2) is 46.4 Å². The van der Waals surface area contributed by atoms with Gasteiger partial charge in [-0.15, -0.1) is 0 Å². The first kappa shape index (κ1) is 17.0. The number of nitrogens with zero attached hydrogens (tertiary/aromatic N) is 4. The van der Waals surface area contributed by atoms with Crippen molar-refractivity contribution in [2.45, 2.75) is 25.9 Å². The molecule has 2 N–H and O–H groups in total. The van der Waals surface area contributed by atoms with Crippen LogP contribution in [0.5, 0.6) is 0 Å². The van der Waals surface area contributed by atoms with Crippen molar-refractivity contribution in [3.63, 3.8) is 0 Å². The van der Waals surface area contributed by atoms with E-state index in [1.165, 1.54) is 16.8 Å². The standard InChI is InChI=1S/C18H18N6O3/c25-15-4-8-23(18(27)22-15)9-5-16(26)24-7-3-13-14(11-24)21-17(20-13)12-2-1-6-19-10-12/h1-2,4,6,8,10H,3,5,7,9,11H2,(H,20,21)(H,22,25,27). The third kappa shape index (κ3) is 3.57. The second-order valence-corrected chi connectivity index (χ2v) is 6.37. The van der Waals surface area contributed by atoms with Crippen molar-refractivity contribution in [1.29, 1.82) is 0 Å². The van der Waals surface area contributed by atoms with Crippen molar-refractivity contribution < 1.29 is 4.79 Å². The summed E-state index contributed by atoms with van der Waals surface area (Å²) in [5, 5.41) is 0. The zero-order valence-electron chi connectivity index (χ0n) is 14.5. The zero-order valence-corrected chi connectivity index (χ0v) is 14.5. The number of rotatable bonds is 4. The molecular weight excluding hydrogens is 348 g/mol. The maximum atomic E-state index is 12.5. The van der Waals surface area contributed by atoms with E-state index in [9.17, 15) is 14.4 Å². The van der Waals surface area contributed by atoms with Gasteiger partial charge in [0.1, 0.15) is 5.82 Å². The van der Waals surface area contributed by atoms with Crippen molar-refractivity contribution in [2.24, 2.45) is 0 Å². The highest BCUT2D eigenvalue weighted by atomic mass is 16.2. The lowest BCUT2D eigenvalue weighted by molar-refractivity contribution is -0.132. The molecule has 3 aromatic heterocycles. The van der Waals surface area contributed by atoms with Gasteiger partial charge in [-0.1, -0.05) is 0 Å². The van der Waals surface area contributed by atoms with Crippen molar-refractivity contribution in [1.82, 2.24) is 29.4 Å². The first-order chi connectivity index (χ1) is 13.1. The lowest BCUT2D eigenvalue weighted by Gasteiger charge is -2.26. The number of aryl methyl sites for hydroxylation is 1. The summed E-state index contributed by atoms with van der Waals surface area (Å²) in [5.41, 5.74) is 1.84. The molecule has 1 aliphatic rings. The average Bonchev–Trinajstić information content (AvgIpc) is 3.11. The summed E-state index contributed by atoms with van der Waals surface area (Å²) in [7, 11) is 0. The molecule has 9 nitrogen and oxygen atoms in total. The molecule has 0 unspecified atom stereocenters. The van der Waals surface area contributed by atoms with Crippen molar-refractivity contribution in [3.05, 3.63) is 69.0 Å². The largest absolute Gasteiger partial charge is 0.340 e. The van der Waals surface area contributed by atoms with E-state index >= 15 is 0 Å². The number of amides is 1. The Kier molecular flexibility index (Phi) is 4.41. The molecule has 1 aliphatic heterocycles. The molecule has 4 rings (SSSR count). The minimum atomic E-state index is -0.508. The number of hydrogen-bond acceptors (Lipinski definition) is 5. The first-order valence-corrected chi connectivity index (χ1v) is 8.66. The molecule has 0 spiro atoms. The number of imidazole rings is 1. The van der Waals surface area contributed by atoms with Crippen molar-refractivity contribution in [2.75, 3.05) is 6.54 Å². The van der Waals surface area contributed by atoms with Gasteiger partial charge >= 0.3 is 5.69 Å². The number of H-pyrrole nitrogens is 2. The third-order valence-electron chi connectivity index (χ3n) is 4.58.